The number of hydrogen-bond acceptors (Lipinski definition) is 8. The van der Waals surface area contributed by atoms with Crippen molar-refractivity contribution in [1.82, 2.24) is 9.80 Å². The Kier molecular flexibility index (Phi) is 6.06. The number of ketones is 1. The molecule has 4 rings (SSSR count). The number of nitrogens with zero attached hydrogens (tertiary/aromatic N) is 2. The average molecular weight is 452 g/mol. The zero-order valence-corrected chi connectivity index (χ0v) is 18.5. The third kappa shape index (κ3) is 4.14. The minimum Gasteiger partial charge on any atom is -0.507 e. The zero-order chi connectivity index (χ0) is 23.7. The SMILES string of the molecule is COC(=O)c1ccc(C2C(=C(O)c3ccc4c(c3)OCO4)C(=O)C(=O)N2CCN(C)C)cc1. The Bertz CT molecular complexity index is 1140. The zero-order valence-electron chi connectivity index (χ0n) is 18.5. The maximum atomic E-state index is 13.1. The normalized spacial score (nSPS) is 18.8. The number of ether oxygens (including phenoxy) is 3. The molecule has 0 radical (unpaired) electrons. The summed E-state index contributed by atoms with van der Waals surface area (Å²) in [6.45, 7) is 0.869. The third-order valence-corrected chi connectivity index (χ3v) is 5.62. The van der Waals surface area contributed by atoms with Crippen molar-refractivity contribution >= 4 is 23.4 Å². The number of carbonyl (C=O) groups is 3. The predicted octanol–water partition coefficient (Wildman–Crippen LogP) is 2.19. The average Bonchev–Trinajstić information content (AvgIpc) is 3.39. The van der Waals surface area contributed by atoms with Crippen LogP contribution in [0.2, 0.25) is 0 Å². The van der Waals surface area contributed by atoms with Crippen LogP contribution >= 0.6 is 0 Å². The van der Waals surface area contributed by atoms with Gasteiger partial charge in [0.25, 0.3) is 11.7 Å². The highest BCUT2D eigenvalue weighted by molar-refractivity contribution is 6.46. The summed E-state index contributed by atoms with van der Waals surface area (Å²) in [5, 5.41) is 11.1. The van der Waals surface area contributed by atoms with E-state index >= 15 is 0 Å². The first-order chi connectivity index (χ1) is 15.8. The fraction of sp³-hybridized carbons (Fsp3) is 0.292. The second-order valence-electron chi connectivity index (χ2n) is 7.98. The van der Waals surface area contributed by atoms with Gasteiger partial charge in [0.2, 0.25) is 6.79 Å². The highest BCUT2D eigenvalue weighted by Gasteiger charge is 2.46. The second-order valence-corrected chi connectivity index (χ2v) is 7.98. The molecule has 0 bridgehead atoms. The number of Topliss-reactive ketones (excluding diaryl/α,β-unsaturated/α-hetero) is 1. The van der Waals surface area contributed by atoms with Crippen LogP contribution in [0.15, 0.2) is 48.0 Å². The van der Waals surface area contributed by atoms with Gasteiger partial charge in [0.15, 0.2) is 11.5 Å². The van der Waals surface area contributed by atoms with Crippen LogP contribution < -0.4 is 9.47 Å². The lowest BCUT2D eigenvalue weighted by Crippen LogP contribution is -2.35. The van der Waals surface area contributed by atoms with E-state index in [1.165, 1.54) is 12.0 Å². The van der Waals surface area contributed by atoms with E-state index in [1.54, 1.807) is 42.5 Å². The van der Waals surface area contributed by atoms with Crippen LogP contribution in [0, 0.1) is 0 Å². The molecule has 1 fully saturated rings. The molecule has 0 aromatic heterocycles. The van der Waals surface area contributed by atoms with Gasteiger partial charge in [0, 0.05) is 18.7 Å². The number of aliphatic hydroxyl groups excluding tert-OH is 1. The van der Waals surface area contributed by atoms with Crippen LogP contribution in [0.3, 0.4) is 0 Å². The third-order valence-electron chi connectivity index (χ3n) is 5.62. The minimum absolute atomic E-state index is 0.0246. The Morgan fingerprint density at radius 1 is 1.09 bits per heavy atom. The molecule has 9 heteroatoms. The van der Waals surface area contributed by atoms with Crippen LogP contribution in [0.25, 0.3) is 5.76 Å². The van der Waals surface area contributed by atoms with Gasteiger partial charge in [0.1, 0.15) is 5.76 Å². The van der Waals surface area contributed by atoms with E-state index in [0.717, 1.165) is 0 Å². The number of esters is 1. The van der Waals surface area contributed by atoms with E-state index in [1.807, 2.05) is 19.0 Å². The minimum atomic E-state index is -0.818. The largest absolute Gasteiger partial charge is 0.507 e. The van der Waals surface area contributed by atoms with E-state index in [2.05, 4.69) is 0 Å². The Labute approximate surface area is 190 Å². The number of benzene rings is 2. The summed E-state index contributed by atoms with van der Waals surface area (Å²) in [5.41, 5.74) is 1.23. The first-order valence-corrected chi connectivity index (χ1v) is 10.3. The fourth-order valence-electron chi connectivity index (χ4n) is 3.88. The summed E-state index contributed by atoms with van der Waals surface area (Å²) in [6.07, 6.45) is 0. The van der Waals surface area contributed by atoms with Crippen molar-refractivity contribution in [1.29, 1.82) is 0 Å². The molecule has 1 unspecified atom stereocenters. The standard InChI is InChI=1S/C24H24N2O7/c1-25(2)10-11-26-20(14-4-6-15(7-5-14)24(30)31-3)19(22(28)23(26)29)21(27)16-8-9-17-18(12-16)33-13-32-17/h4-9,12,20,27H,10-11,13H2,1-3H3. The van der Waals surface area contributed by atoms with Crippen molar-refractivity contribution < 1.29 is 33.7 Å². The lowest BCUT2D eigenvalue weighted by molar-refractivity contribution is -0.140. The van der Waals surface area contributed by atoms with Gasteiger partial charge in [-0.1, -0.05) is 12.1 Å². The molecule has 2 aromatic rings. The number of fused-ring (bicyclic) bond motifs is 1. The lowest BCUT2D eigenvalue weighted by Gasteiger charge is -2.26. The van der Waals surface area contributed by atoms with Gasteiger partial charge >= 0.3 is 5.97 Å². The van der Waals surface area contributed by atoms with Gasteiger partial charge in [-0.3, -0.25) is 9.59 Å². The molecule has 1 atom stereocenters. The van der Waals surface area contributed by atoms with E-state index in [9.17, 15) is 19.5 Å². The van der Waals surface area contributed by atoms with Crippen molar-refractivity contribution in [3.05, 3.63) is 64.7 Å². The Hall–Kier alpha value is -3.85. The summed E-state index contributed by atoms with van der Waals surface area (Å²) in [4.78, 5) is 41.2. The van der Waals surface area contributed by atoms with Gasteiger partial charge in [-0.15, -0.1) is 0 Å². The van der Waals surface area contributed by atoms with Gasteiger partial charge in [-0.25, -0.2) is 4.79 Å². The molecule has 172 valence electrons. The topological polar surface area (TPSA) is 106 Å². The lowest BCUT2D eigenvalue weighted by atomic mass is 9.94. The number of likely N-dealkylation sites (N-methyl/N-ethyl adjacent to an activating group) is 1. The number of hydrogen-bond donors (Lipinski definition) is 1. The van der Waals surface area contributed by atoms with Crippen LogP contribution in [0.4, 0.5) is 0 Å². The summed E-state index contributed by atoms with van der Waals surface area (Å²) in [5.74, 6) is -1.29. The molecule has 9 nitrogen and oxygen atoms in total. The van der Waals surface area contributed by atoms with Gasteiger partial charge < -0.3 is 29.1 Å². The Morgan fingerprint density at radius 3 is 2.42 bits per heavy atom. The fourth-order valence-corrected chi connectivity index (χ4v) is 3.88. The van der Waals surface area contributed by atoms with Crippen molar-refractivity contribution in [3.8, 4) is 11.5 Å². The van der Waals surface area contributed by atoms with Crippen molar-refractivity contribution in [2.45, 2.75) is 6.04 Å². The molecule has 0 aliphatic carbocycles. The molecule has 1 saturated heterocycles. The number of carbonyl (C=O) groups excluding carboxylic acids is 3. The van der Waals surface area contributed by atoms with Crippen LogP contribution in [-0.2, 0) is 14.3 Å². The maximum Gasteiger partial charge on any atom is 0.337 e. The maximum absolute atomic E-state index is 13.1. The first kappa shape index (κ1) is 22.3. The molecule has 2 aromatic carbocycles. The van der Waals surface area contributed by atoms with E-state index in [4.69, 9.17) is 14.2 Å². The monoisotopic (exact) mass is 452 g/mol. The van der Waals surface area contributed by atoms with Crippen LogP contribution in [-0.4, -0.2) is 73.7 Å². The molecule has 33 heavy (non-hydrogen) atoms. The molecular formula is C24H24N2O7. The predicted molar refractivity (Wildman–Crippen MR) is 118 cm³/mol. The molecule has 1 amide bonds. The van der Waals surface area contributed by atoms with Gasteiger partial charge in [0.05, 0.1) is 24.3 Å². The van der Waals surface area contributed by atoms with Gasteiger partial charge in [-0.05, 0) is 50.0 Å². The van der Waals surface area contributed by atoms with E-state index in [-0.39, 0.29) is 24.7 Å². The summed E-state index contributed by atoms with van der Waals surface area (Å²) >= 11 is 0. The molecule has 2 aliphatic rings. The highest BCUT2D eigenvalue weighted by atomic mass is 16.7. The number of aliphatic hydroxyl groups is 1. The highest BCUT2D eigenvalue weighted by Crippen LogP contribution is 2.41. The van der Waals surface area contributed by atoms with E-state index < -0.39 is 23.7 Å². The quantitative estimate of drug-likeness (QED) is 0.308. The molecule has 2 heterocycles. The molecule has 0 spiro atoms. The van der Waals surface area contributed by atoms with Crippen molar-refractivity contribution in [3.63, 3.8) is 0 Å². The molecule has 1 N–H and O–H groups in total. The Balaban J connectivity index is 1.80. The summed E-state index contributed by atoms with van der Waals surface area (Å²) < 4.78 is 15.4. The molecule has 0 saturated carbocycles. The van der Waals surface area contributed by atoms with Crippen LogP contribution in [0.1, 0.15) is 27.5 Å². The first-order valence-electron chi connectivity index (χ1n) is 10.3. The molecule has 2 aliphatic heterocycles. The van der Waals surface area contributed by atoms with Crippen molar-refractivity contribution in [2.75, 3.05) is 41.1 Å². The summed E-state index contributed by atoms with van der Waals surface area (Å²) in [6, 6.07) is 10.4. The van der Waals surface area contributed by atoms with Gasteiger partial charge in [-0.2, -0.15) is 0 Å². The second kappa shape index (κ2) is 8.95. The number of methoxy groups -OCH3 is 1. The smallest absolute Gasteiger partial charge is 0.337 e. The Morgan fingerprint density at radius 2 is 1.76 bits per heavy atom. The van der Waals surface area contributed by atoms with Crippen LogP contribution in [0.5, 0.6) is 11.5 Å². The van der Waals surface area contributed by atoms with Crippen molar-refractivity contribution in [2.24, 2.45) is 0 Å². The molecular weight excluding hydrogens is 428 g/mol. The summed E-state index contributed by atoms with van der Waals surface area (Å²) in [7, 11) is 5.02. The number of likely N-dealkylation sites (tertiary alicyclic amines) is 1. The van der Waals surface area contributed by atoms with E-state index in [0.29, 0.717) is 34.7 Å². The number of rotatable bonds is 6. The number of amides is 1.